The maximum Gasteiger partial charge on any atom is 0.261 e. The third-order valence-electron chi connectivity index (χ3n) is 6.66. The zero-order valence-corrected chi connectivity index (χ0v) is 23.0. The molecular weight excluding hydrogens is 442 g/mol. The molecule has 1 aliphatic carbocycles. The van der Waals surface area contributed by atoms with Gasteiger partial charge >= 0.3 is 0 Å². The summed E-state index contributed by atoms with van der Waals surface area (Å²) in [5, 5.41) is 2.65. The highest BCUT2D eigenvalue weighted by atomic mass is 32.2. The lowest BCUT2D eigenvalue weighted by molar-refractivity contribution is 0.272. The van der Waals surface area contributed by atoms with Crippen LogP contribution in [0.25, 0.3) is 0 Å². The molecule has 1 saturated carbocycles. The lowest BCUT2D eigenvalue weighted by Crippen LogP contribution is -2.66. The molecule has 0 saturated heterocycles. The van der Waals surface area contributed by atoms with Gasteiger partial charge in [-0.15, -0.1) is 6.58 Å². The van der Waals surface area contributed by atoms with Gasteiger partial charge in [-0.05, 0) is 60.9 Å². The number of nitrogens with one attached hydrogen (secondary N) is 1. The number of rotatable bonds is 10. The SMILES string of the molecule is C=C[C@H](C[C@H]1C[C@@H]1CO[Si](c1ccccc1)(c1ccccc1)C(C)(C)C)NS(=O)C(C)(C)C. The molecule has 0 aliphatic heterocycles. The predicted octanol–water partition coefficient (Wildman–Crippen LogP) is 5.20. The van der Waals surface area contributed by atoms with Crippen molar-refractivity contribution in [1.82, 2.24) is 4.72 Å². The summed E-state index contributed by atoms with van der Waals surface area (Å²) in [4.78, 5) is 0. The monoisotopic (exact) mass is 483 g/mol. The molecule has 180 valence electrons. The number of benzene rings is 2. The van der Waals surface area contributed by atoms with E-state index in [1.807, 2.05) is 26.8 Å². The zero-order chi connectivity index (χ0) is 24.3. The Balaban J connectivity index is 1.76. The van der Waals surface area contributed by atoms with Crippen molar-refractivity contribution < 1.29 is 8.63 Å². The zero-order valence-electron chi connectivity index (χ0n) is 21.1. The van der Waals surface area contributed by atoms with Crippen molar-refractivity contribution in [2.45, 2.75) is 70.2 Å². The van der Waals surface area contributed by atoms with Crippen molar-refractivity contribution in [3.8, 4) is 0 Å². The molecule has 2 aromatic rings. The molecule has 0 radical (unpaired) electrons. The van der Waals surface area contributed by atoms with Gasteiger partial charge in [-0.2, -0.15) is 0 Å². The minimum atomic E-state index is -2.49. The Kier molecular flexibility index (Phi) is 8.21. The lowest BCUT2D eigenvalue weighted by atomic mass is 10.1. The first-order valence-corrected chi connectivity index (χ1v) is 15.1. The van der Waals surface area contributed by atoms with Crippen LogP contribution in [0.5, 0.6) is 0 Å². The fourth-order valence-electron chi connectivity index (χ4n) is 4.63. The third kappa shape index (κ3) is 6.13. The average molecular weight is 484 g/mol. The fourth-order valence-corrected chi connectivity index (χ4v) is 10.1. The molecule has 0 heterocycles. The normalized spacial score (nSPS) is 20.8. The molecule has 0 bridgehead atoms. The first-order valence-electron chi connectivity index (χ1n) is 12.0. The van der Waals surface area contributed by atoms with Gasteiger partial charge in [0.25, 0.3) is 8.32 Å². The molecule has 2 aromatic carbocycles. The molecule has 0 spiro atoms. The summed E-state index contributed by atoms with van der Waals surface area (Å²) in [5.41, 5.74) is 0. The van der Waals surface area contributed by atoms with Crippen LogP contribution in [-0.4, -0.2) is 29.9 Å². The van der Waals surface area contributed by atoms with Crippen molar-refractivity contribution in [2.75, 3.05) is 6.61 Å². The molecule has 33 heavy (non-hydrogen) atoms. The second-order valence-electron chi connectivity index (χ2n) is 11.3. The molecule has 0 amide bonds. The Morgan fingerprint density at radius 2 is 1.52 bits per heavy atom. The maximum absolute atomic E-state index is 12.5. The molecule has 3 nitrogen and oxygen atoms in total. The molecule has 1 unspecified atom stereocenters. The Bertz CT molecular complexity index is 894. The summed E-state index contributed by atoms with van der Waals surface area (Å²) < 4.78 is 22.6. The Morgan fingerprint density at radius 3 is 1.94 bits per heavy atom. The Labute approximate surface area is 204 Å². The summed E-state index contributed by atoms with van der Waals surface area (Å²) in [6, 6.07) is 21.7. The summed E-state index contributed by atoms with van der Waals surface area (Å²) in [5.74, 6) is 1.12. The van der Waals surface area contributed by atoms with E-state index < -0.39 is 19.3 Å². The van der Waals surface area contributed by atoms with Crippen LogP contribution in [0.2, 0.25) is 5.04 Å². The minimum Gasteiger partial charge on any atom is -0.407 e. The van der Waals surface area contributed by atoms with Gasteiger partial charge in [-0.25, -0.2) is 8.93 Å². The van der Waals surface area contributed by atoms with E-state index >= 15 is 0 Å². The van der Waals surface area contributed by atoms with Gasteiger partial charge in [0.15, 0.2) is 0 Å². The Morgan fingerprint density at radius 1 is 1.00 bits per heavy atom. The molecule has 3 rings (SSSR count). The highest BCUT2D eigenvalue weighted by Crippen LogP contribution is 2.44. The molecule has 1 aliphatic rings. The van der Waals surface area contributed by atoms with Gasteiger partial charge < -0.3 is 4.43 Å². The topological polar surface area (TPSA) is 38.3 Å². The fraction of sp³-hybridized carbons (Fsp3) is 0.500. The average Bonchev–Trinajstić information content (AvgIpc) is 3.51. The number of hydrogen-bond donors (Lipinski definition) is 1. The van der Waals surface area contributed by atoms with Gasteiger partial charge in [0, 0.05) is 12.6 Å². The van der Waals surface area contributed by atoms with E-state index in [1.165, 1.54) is 10.4 Å². The summed E-state index contributed by atoms with van der Waals surface area (Å²) in [7, 11) is -3.58. The summed E-state index contributed by atoms with van der Waals surface area (Å²) in [6.45, 7) is 17.7. The van der Waals surface area contributed by atoms with Crippen LogP contribution in [0.1, 0.15) is 54.4 Å². The number of hydrogen-bond acceptors (Lipinski definition) is 2. The molecular formula is C28H41NO2SSi. The van der Waals surface area contributed by atoms with Crippen molar-refractivity contribution in [3.05, 3.63) is 73.3 Å². The van der Waals surface area contributed by atoms with E-state index in [1.54, 1.807) is 0 Å². The predicted molar refractivity (Wildman–Crippen MR) is 145 cm³/mol. The maximum atomic E-state index is 12.5. The molecule has 0 aromatic heterocycles. The van der Waals surface area contributed by atoms with Gasteiger partial charge in [-0.1, -0.05) is 87.5 Å². The quantitative estimate of drug-likeness (QED) is 0.373. The van der Waals surface area contributed by atoms with E-state index in [-0.39, 0.29) is 15.8 Å². The van der Waals surface area contributed by atoms with Crippen LogP contribution >= 0.6 is 0 Å². The van der Waals surface area contributed by atoms with Crippen LogP contribution in [0.15, 0.2) is 73.3 Å². The molecule has 4 atom stereocenters. The van der Waals surface area contributed by atoms with Crippen molar-refractivity contribution >= 4 is 29.7 Å². The van der Waals surface area contributed by atoms with Crippen LogP contribution in [0, 0.1) is 11.8 Å². The molecule has 1 N–H and O–H groups in total. The second kappa shape index (κ2) is 10.4. The standard InChI is InChI=1S/C28H41NO2SSi/c1-8-24(29-32(30)27(2,3)4)20-22-19-23(22)21-31-33(28(5,6)7,25-15-11-9-12-16-25)26-17-13-10-14-18-26/h8-18,22-24,29H,1,19-21H2,2-7H3/t22-,23-,24-,32?/m1/s1. The van der Waals surface area contributed by atoms with E-state index in [0.29, 0.717) is 11.8 Å². The van der Waals surface area contributed by atoms with Crippen molar-refractivity contribution in [1.29, 1.82) is 0 Å². The van der Waals surface area contributed by atoms with Crippen molar-refractivity contribution in [2.24, 2.45) is 11.8 Å². The first kappa shape index (κ1) is 26.1. The van der Waals surface area contributed by atoms with Crippen molar-refractivity contribution in [3.63, 3.8) is 0 Å². The van der Waals surface area contributed by atoms with Gasteiger partial charge in [0.2, 0.25) is 0 Å². The van der Waals surface area contributed by atoms with Crippen LogP contribution in [0.3, 0.4) is 0 Å². The third-order valence-corrected chi connectivity index (χ3v) is 13.3. The largest absolute Gasteiger partial charge is 0.407 e. The van der Waals surface area contributed by atoms with Crippen LogP contribution < -0.4 is 15.1 Å². The summed E-state index contributed by atoms with van der Waals surface area (Å²) in [6.07, 6.45) is 4.02. The summed E-state index contributed by atoms with van der Waals surface area (Å²) >= 11 is 0. The minimum absolute atomic E-state index is 0.00505. The molecule has 5 heteroatoms. The first-order chi connectivity index (χ1) is 15.5. The highest BCUT2D eigenvalue weighted by molar-refractivity contribution is 7.84. The van der Waals surface area contributed by atoms with Gasteiger partial charge in [0.05, 0.1) is 15.7 Å². The van der Waals surface area contributed by atoms with Gasteiger partial charge in [-0.3, -0.25) is 0 Å². The van der Waals surface area contributed by atoms with E-state index in [2.05, 4.69) is 92.7 Å². The highest BCUT2D eigenvalue weighted by Gasteiger charge is 2.51. The van der Waals surface area contributed by atoms with E-state index in [4.69, 9.17) is 4.43 Å². The Hall–Kier alpha value is -1.53. The molecule has 1 fully saturated rings. The van der Waals surface area contributed by atoms with E-state index in [9.17, 15) is 4.21 Å². The lowest BCUT2D eigenvalue weighted by Gasteiger charge is -2.43. The van der Waals surface area contributed by atoms with Crippen LogP contribution in [-0.2, 0) is 15.4 Å². The van der Waals surface area contributed by atoms with Gasteiger partial charge in [0.1, 0.15) is 0 Å². The van der Waals surface area contributed by atoms with E-state index in [0.717, 1.165) is 19.4 Å². The smallest absolute Gasteiger partial charge is 0.261 e. The second-order valence-corrected chi connectivity index (χ2v) is 17.6. The van der Waals surface area contributed by atoms with Crippen LogP contribution in [0.4, 0.5) is 0 Å².